The number of benzene rings is 1. The molecule has 28 heavy (non-hydrogen) atoms. The number of aromatic amines is 1. The lowest BCUT2D eigenvalue weighted by molar-refractivity contribution is -0.154. The van der Waals surface area contributed by atoms with E-state index in [0.29, 0.717) is 19.5 Å². The van der Waals surface area contributed by atoms with Crippen molar-refractivity contribution in [2.45, 2.75) is 45.1 Å². The summed E-state index contributed by atoms with van der Waals surface area (Å²) in [6, 6.07) is 6.92. The van der Waals surface area contributed by atoms with Gasteiger partial charge in [-0.1, -0.05) is 31.0 Å². The molecule has 7 nitrogen and oxygen atoms in total. The van der Waals surface area contributed by atoms with E-state index in [-0.39, 0.29) is 18.4 Å². The topological polar surface area (TPSA) is 91.5 Å². The minimum atomic E-state index is -0.839. The number of para-hydroxylation sites is 1. The molecule has 1 saturated heterocycles. The molecule has 1 aliphatic heterocycles. The molecule has 2 N–H and O–H groups in total. The quantitative estimate of drug-likeness (QED) is 0.746. The Hall–Kier alpha value is -2.83. The zero-order valence-electron chi connectivity index (χ0n) is 16.2. The molecule has 1 aliphatic rings. The number of amides is 2. The molecule has 0 saturated carbocycles. The molecule has 0 radical (unpaired) electrons. The molecule has 0 bridgehead atoms. The highest BCUT2D eigenvalue weighted by Crippen LogP contribution is 2.19. The number of esters is 1. The second kappa shape index (κ2) is 9.39. The number of ether oxygens (including phenoxy) is 1. The molecule has 1 fully saturated rings. The van der Waals surface area contributed by atoms with Crippen molar-refractivity contribution in [3.63, 3.8) is 0 Å². The van der Waals surface area contributed by atoms with Gasteiger partial charge in [0, 0.05) is 43.5 Å². The number of rotatable bonds is 6. The number of nitrogens with one attached hydrogen (secondary N) is 2. The Morgan fingerprint density at radius 2 is 1.86 bits per heavy atom. The van der Waals surface area contributed by atoms with E-state index in [0.717, 1.165) is 42.1 Å². The molecule has 2 amide bonds. The Balaban J connectivity index is 1.63. The maximum Gasteiger partial charge on any atom is 0.329 e. The lowest BCUT2D eigenvalue weighted by Crippen LogP contribution is -2.44. The van der Waals surface area contributed by atoms with Gasteiger partial charge < -0.3 is 19.9 Å². The number of aromatic nitrogens is 1. The van der Waals surface area contributed by atoms with Crippen LogP contribution in [0.15, 0.2) is 30.5 Å². The molecule has 1 atom stereocenters. The molecule has 0 aliphatic carbocycles. The van der Waals surface area contributed by atoms with Gasteiger partial charge in [0.1, 0.15) is 6.04 Å². The average Bonchev–Trinajstić information content (AvgIpc) is 2.90. The lowest BCUT2D eigenvalue weighted by atomic mass is 10.0. The van der Waals surface area contributed by atoms with E-state index in [9.17, 15) is 14.4 Å². The summed E-state index contributed by atoms with van der Waals surface area (Å²) < 4.78 is 5.27. The van der Waals surface area contributed by atoms with Crippen LogP contribution in [0.4, 0.5) is 0 Å². The molecule has 2 aromatic rings. The molecule has 1 aromatic carbocycles. The van der Waals surface area contributed by atoms with Crippen LogP contribution in [0.1, 0.15) is 38.2 Å². The van der Waals surface area contributed by atoms with E-state index in [4.69, 9.17) is 4.74 Å². The third-order valence-electron chi connectivity index (χ3n) is 5.06. The molecular weight excluding hydrogens is 358 g/mol. The zero-order chi connectivity index (χ0) is 19.9. The van der Waals surface area contributed by atoms with Gasteiger partial charge in [0.2, 0.25) is 5.91 Å². The van der Waals surface area contributed by atoms with Gasteiger partial charge in [-0.3, -0.25) is 9.59 Å². The SMILES string of the molecule is CC(=O)N[C@@H](Cc1c[nH]c2ccccc12)C(=O)OCC(=O)N1CCCCCC1. The first-order valence-electron chi connectivity index (χ1n) is 9.81. The summed E-state index contributed by atoms with van der Waals surface area (Å²) in [6.45, 7) is 2.49. The van der Waals surface area contributed by atoms with Gasteiger partial charge in [-0.05, 0) is 24.5 Å². The van der Waals surface area contributed by atoms with E-state index < -0.39 is 12.0 Å². The molecule has 0 spiro atoms. The number of hydrogen-bond donors (Lipinski definition) is 2. The fraction of sp³-hybridized carbons (Fsp3) is 0.476. The second-order valence-corrected chi connectivity index (χ2v) is 7.22. The van der Waals surface area contributed by atoms with Gasteiger partial charge in [0.25, 0.3) is 5.91 Å². The summed E-state index contributed by atoms with van der Waals surface area (Å²) in [6.07, 6.45) is 6.33. The van der Waals surface area contributed by atoms with Crippen LogP contribution in [0, 0.1) is 0 Å². The number of likely N-dealkylation sites (tertiary alicyclic amines) is 1. The summed E-state index contributed by atoms with van der Waals surface area (Å²) >= 11 is 0. The van der Waals surface area contributed by atoms with Crippen LogP contribution in [0.2, 0.25) is 0 Å². The molecule has 3 rings (SSSR count). The van der Waals surface area contributed by atoms with Crippen molar-refractivity contribution in [3.8, 4) is 0 Å². The molecule has 2 heterocycles. The van der Waals surface area contributed by atoms with E-state index in [1.54, 1.807) is 4.90 Å². The van der Waals surface area contributed by atoms with Gasteiger partial charge in [-0.15, -0.1) is 0 Å². The number of nitrogens with zero attached hydrogens (tertiary/aromatic N) is 1. The van der Waals surface area contributed by atoms with E-state index in [2.05, 4.69) is 10.3 Å². The fourth-order valence-electron chi connectivity index (χ4n) is 3.60. The van der Waals surface area contributed by atoms with Crippen molar-refractivity contribution in [2.24, 2.45) is 0 Å². The number of H-pyrrole nitrogens is 1. The largest absolute Gasteiger partial charge is 0.454 e. The van der Waals surface area contributed by atoms with Gasteiger partial charge in [-0.2, -0.15) is 0 Å². The molecule has 150 valence electrons. The first-order chi connectivity index (χ1) is 13.5. The zero-order valence-corrected chi connectivity index (χ0v) is 16.2. The van der Waals surface area contributed by atoms with Crippen LogP contribution < -0.4 is 5.32 Å². The average molecular weight is 385 g/mol. The van der Waals surface area contributed by atoms with E-state index in [1.807, 2.05) is 30.5 Å². The fourth-order valence-corrected chi connectivity index (χ4v) is 3.60. The van der Waals surface area contributed by atoms with E-state index >= 15 is 0 Å². The second-order valence-electron chi connectivity index (χ2n) is 7.22. The first-order valence-corrected chi connectivity index (χ1v) is 9.81. The first kappa shape index (κ1) is 19.9. The monoisotopic (exact) mass is 385 g/mol. The normalized spacial score (nSPS) is 15.7. The van der Waals surface area contributed by atoms with Crippen molar-refractivity contribution in [1.29, 1.82) is 0 Å². The number of fused-ring (bicyclic) bond motifs is 1. The van der Waals surface area contributed by atoms with Crippen LogP contribution in [0.3, 0.4) is 0 Å². The van der Waals surface area contributed by atoms with Crippen molar-refractivity contribution in [3.05, 3.63) is 36.0 Å². The van der Waals surface area contributed by atoms with Crippen LogP contribution in [-0.2, 0) is 25.5 Å². The van der Waals surface area contributed by atoms with Crippen LogP contribution in [0.5, 0.6) is 0 Å². The number of carbonyl (C=O) groups is 3. The number of hydrogen-bond acceptors (Lipinski definition) is 4. The van der Waals surface area contributed by atoms with E-state index in [1.165, 1.54) is 6.92 Å². The minimum absolute atomic E-state index is 0.177. The Kier molecular flexibility index (Phi) is 6.68. The summed E-state index contributed by atoms with van der Waals surface area (Å²) in [5.74, 6) is -1.09. The standard InChI is InChI=1S/C21H27N3O4/c1-15(25)23-19(12-16-13-22-18-9-5-4-8-17(16)18)21(27)28-14-20(26)24-10-6-2-3-7-11-24/h4-5,8-9,13,19,22H,2-3,6-7,10-12,14H2,1H3,(H,23,25)/t19-/m0/s1. The predicted octanol–water partition coefficient (Wildman–Crippen LogP) is 2.16. The van der Waals surface area contributed by atoms with Gasteiger partial charge in [0.05, 0.1) is 0 Å². The molecule has 7 heteroatoms. The summed E-state index contributed by atoms with van der Waals surface area (Å²) in [4.78, 5) is 41.4. The van der Waals surface area contributed by atoms with Gasteiger partial charge >= 0.3 is 5.97 Å². The highest BCUT2D eigenvalue weighted by Gasteiger charge is 2.25. The molecule has 1 aromatic heterocycles. The maximum atomic E-state index is 12.6. The smallest absolute Gasteiger partial charge is 0.329 e. The predicted molar refractivity (Wildman–Crippen MR) is 106 cm³/mol. The van der Waals surface area contributed by atoms with Crippen molar-refractivity contribution >= 4 is 28.7 Å². The summed E-state index contributed by atoms with van der Waals surface area (Å²) in [5, 5.41) is 3.64. The summed E-state index contributed by atoms with van der Waals surface area (Å²) in [7, 11) is 0. The molecular formula is C21H27N3O4. The molecule has 0 unspecified atom stereocenters. The lowest BCUT2D eigenvalue weighted by Gasteiger charge is -2.21. The van der Waals surface area contributed by atoms with Crippen molar-refractivity contribution in [2.75, 3.05) is 19.7 Å². The highest BCUT2D eigenvalue weighted by atomic mass is 16.5. The van der Waals surface area contributed by atoms with Gasteiger partial charge in [0.15, 0.2) is 6.61 Å². The minimum Gasteiger partial charge on any atom is -0.454 e. The van der Waals surface area contributed by atoms with Crippen LogP contribution in [-0.4, -0.2) is 53.4 Å². The van der Waals surface area contributed by atoms with Crippen molar-refractivity contribution in [1.82, 2.24) is 15.2 Å². The van der Waals surface area contributed by atoms with Crippen LogP contribution >= 0.6 is 0 Å². The highest BCUT2D eigenvalue weighted by molar-refractivity contribution is 5.88. The summed E-state index contributed by atoms with van der Waals surface area (Å²) in [5.41, 5.74) is 1.87. The Bertz CT molecular complexity index is 837. The Morgan fingerprint density at radius 3 is 2.57 bits per heavy atom. The number of carbonyl (C=O) groups excluding carboxylic acids is 3. The Labute approximate surface area is 164 Å². The third kappa shape index (κ3) is 5.12. The van der Waals surface area contributed by atoms with Gasteiger partial charge in [-0.25, -0.2) is 4.79 Å². The van der Waals surface area contributed by atoms with Crippen LogP contribution in [0.25, 0.3) is 10.9 Å². The third-order valence-corrected chi connectivity index (χ3v) is 5.06. The maximum absolute atomic E-state index is 12.6. The Morgan fingerprint density at radius 1 is 1.14 bits per heavy atom. The van der Waals surface area contributed by atoms with Crippen molar-refractivity contribution < 1.29 is 19.1 Å².